The van der Waals surface area contributed by atoms with Crippen molar-refractivity contribution in [1.29, 1.82) is 0 Å². The average Bonchev–Trinajstić information content (AvgIpc) is 2.40. The van der Waals surface area contributed by atoms with Gasteiger partial charge in [0.05, 0.1) is 0 Å². The average molecular weight is 277 g/mol. The Morgan fingerprint density at radius 2 is 1.89 bits per heavy atom. The van der Waals surface area contributed by atoms with Crippen LogP contribution in [0.1, 0.15) is 5.56 Å². The third-order valence-electron chi connectivity index (χ3n) is 2.65. The molecule has 0 saturated heterocycles. The van der Waals surface area contributed by atoms with Gasteiger partial charge in [-0.15, -0.1) is 0 Å². The molecule has 1 amide bonds. The van der Waals surface area contributed by atoms with Crippen LogP contribution in [0.4, 0.5) is 0 Å². The zero-order valence-corrected chi connectivity index (χ0v) is 10.9. The minimum absolute atomic E-state index is 0.00409. The van der Waals surface area contributed by atoms with Crippen LogP contribution >= 0.6 is 11.6 Å². The molecule has 1 heterocycles. The molecular weight excluding hydrogens is 264 g/mol. The van der Waals surface area contributed by atoms with E-state index in [-0.39, 0.29) is 18.0 Å². The number of nitrogens with zero attached hydrogens (tertiary/aromatic N) is 1. The molecule has 2 aromatic rings. The van der Waals surface area contributed by atoms with Crippen molar-refractivity contribution in [2.75, 3.05) is 0 Å². The first-order valence-corrected chi connectivity index (χ1v) is 6.20. The minimum Gasteiger partial charge on any atom is -0.350 e. The summed E-state index contributed by atoms with van der Waals surface area (Å²) >= 11 is 5.99. The lowest BCUT2D eigenvalue weighted by atomic mass is 10.2. The number of carbonyl (C=O) groups excluding carboxylic acids is 1. The van der Waals surface area contributed by atoms with Crippen molar-refractivity contribution >= 4 is 17.5 Å². The third-order valence-corrected chi connectivity index (χ3v) is 3.02. The van der Waals surface area contributed by atoms with Crippen LogP contribution in [0.2, 0.25) is 5.02 Å². The molecule has 0 atom stereocenters. The van der Waals surface area contributed by atoms with Crippen LogP contribution in [-0.4, -0.2) is 10.5 Å². The van der Waals surface area contributed by atoms with Gasteiger partial charge in [0, 0.05) is 23.8 Å². The van der Waals surface area contributed by atoms with E-state index in [4.69, 9.17) is 11.6 Å². The van der Waals surface area contributed by atoms with Crippen molar-refractivity contribution in [3.05, 3.63) is 69.6 Å². The second-order valence-electron chi connectivity index (χ2n) is 4.03. The predicted octanol–water partition coefficient (Wildman–Crippen LogP) is 1.82. The van der Waals surface area contributed by atoms with Gasteiger partial charge in [0.15, 0.2) is 0 Å². The summed E-state index contributed by atoms with van der Waals surface area (Å²) in [6, 6.07) is 12.1. The van der Waals surface area contributed by atoms with E-state index < -0.39 is 0 Å². The van der Waals surface area contributed by atoms with E-state index in [0.717, 1.165) is 5.56 Å². The topological polar surface area (TPSA) is 51.1 Å². The predicted molar refractivity (Wildman–Crippen MR) is 74.0 cm³/mol. The molecule has 1 aromatic carbocycles. The monoisotopic (exact) mass is 276 g/mol. The minimum atomic E-state index is -0.229. The second-order valence-corrected chi connectivity index (χ2v) is 4.44. The first-order chi connectivity index (χ1) is 9.16. The maximum absolute atomic E-state index is 11.7. The molecule has 0 aliphatic rings. The summed E-state index contributed by atoms with van der Waals surface area (Å²) in [4.78, 5) is 23.2. The van der Waals surface area contributed by atoms with Crippen LogP contribution in [-0.2, 0) is 17.9 Å². The number of carbonyl (C=O) groups is 1. The van der Waals surface area contributed by atoms with E-state index in [2.05, 4.69) is 5.32 Å². The summed E-state index contributed by atoms with van der Waals surface area (Å²) in [6.07, 6.45) is 1.58. The Kier molecular flexibility index (Phi) is 4.36. The highest BCUT2D eigenvalue weighted by Gasteiger charge is 2.05. The maximum Gasteiger partial charge on any atom is 0.250 e. The van der Waals surface area contributed by atoms with Crippen LogP contribution in [0.15, 0.2) is 53.5 Å². The normalized spacial score (nSPS) is 10.2. The molecule has 1 aromatic heterocycles. The molecule has 2 rings (SSSR count). The molecule has 0 aliphatic carbocycles. The first kappa shape index (κ1) is 13.4. The molecule has 5 heteroatoms. The van der Waals surface area contributed by atoms with Crippen LogP contribution in [0.25, 0.3) is 0 Å². The van der Waals surface area contributed by atoms with Crippen molar-refractivity contribution < 1.29 is 4.79 Å². The van der Waals surface area contributed by atoms with Crippen LogP contribution in [0, 0.1) is 0 Å². The molecule has 0 aliphatic heterocycles. The fourth-order valence-corrected chi connectivity index (χ4v) is 1.84. The molecule has 0 radical (unpaired) electrons. The maximum atomic E-state index is 11.7. The fraction of sp³-hybridized carbons (Fsp3) is 0.143. The summed E-state index contributed by atoms with van der Waals surface area (Å²) in [7, 11) is 0. The van der Waals surface area contributed by atoms with Gasteiger partial charge in [-0.2, -0.15) is 0 Å². The van der Waals surface area contributed by atoms with Gasteiger partial charge < -0.3 is 9.88 Å². The number of benzene rings is 1. The lowest BCUT2D eigenvalue weighted by molar-refractivity contribution is -0.121. The smallest absolute Gasteiger partial charge is 0.250 e. The standard InChI is InChI=1S/C14H13ClN2O2/c15-12-6-2-1-5-11(12)9-16-13(18)10-17-8-4-3-7-14(17)19/h1-8H,9-10H2,(H,16,18). The SMILES string of the molecule is O=C(Cn1ccccc1=O)NCc1ccccc1Cl. The summed E-state index contributed by atoms with van der Waals surface area (Å²) < 4.78 is 1.35. The molecule has 4 nitrogen and oxygen atoms in total. The number of pyridine rings is 1. The van der Waals surface area contributed by atoms with Crippen molar-refractivity contribution in [1.82, 2.24) is 9.88 Å². The van der Waals surface area contributed by atoms with Crippen molar-refractivity contribution in [3.8, 4) is 0 Å². The van der Waals surface area contributed by atoms with Gasteiger partial charge in [-0.25, -0.2) is 0 Å². The zero-order valence-electron chi connectivity index (χ0n) is 10.2. The van der Waals surface area contributed by atoms with Crippen LogP contribution in [0.3, 0.4) is 0 Å². The summed E-state index contributed by atoms with van der Waals surface area (Å²) in [6.45, 7) is 0.351. The highest BCUT2D eigenvalue weighted by Crippen LogP contribution is 2.14. The van der Waals surface area contributed by atoms with E-state index in [0.29, 0.717) is 11.6 Å². The third kappa shape index (κ3) is 3.69. The van der Waals surface area contributed by atoms with Gasteiger partial charge >= 0.3 is 0 Å². The Morgan fingerprint density at radius 1 is 1.16 bits per heavy atom. The van der Waals surface area contributed by atoms with Crippen LogP contribution in [0.5, 0.6) is 0 Å². The number of halogens is 1. The van der Waals surface area contributed by atoms with Gasteiger partial charge in [-0.05, 0) is 17.7 Å². The summed E-state index contributed by atoms with van der Waals surface area (Å²) in [5, 5.41) is 3.34. The van der Waals surface area contributed by atoms with E-state index in [1.807, 2.05) is 18.2 Å². The number of hydrogen-bond donors (Lipinski definition) is 1. The first-order valence-electron chi connectivity index (χ1n) is 5.82. The molecule has 0 unspecified atom stereocenters. The Bertz CT molecular complexity index is 637. The number of hydrogen-bond acceptors (Lipinski definition) is 2. The quantitative estimate of drug-likeness (QED) is 0.926. The van der Waals surface area contributed by atoms with Gasteiger partial charge in [-0.1, -0.05) is 35.9 Å². The molecule has 0 bridgehead atoms. The molecule has 0 spiro atoms. The largest absolute Gasteiger partial charge is 0.350 e. The molecule has 1 N–H and O–H groups in total. The highest BCUT2D eigenvalue weighted by atomic mass is 35.5. The number of aromatic nitrogens is 1. The highest BCUT2D eigenvalue weighted by molar-refractivity contribution is 6.31. The zero-order chi connectivity index (χ0) is 13.7. The van der Waals surface area contributed by atoms with E-state index >= 15 is 0 Å². The fourth-order valence-electron chi connectivity index (χ4n) is 1.64. The molecule has 0 saturated carbocycles. The Balaban J connectivity index is 1.94. The van der Waals surface area contributed by atoms with E-state index in [1.54, 1.807) is 24.4 Å². The Hall–Kier alpha value is -2.07. The lowest BCUT2D eigenvalue weighted by Crippen LogP contribution is -2.31. The molecule has 19 heavy (non-hydrogen) atoms. The van der Waals surface area contributed by atoms with E-state index in [1.165, 1.54) is 10.6 Å². The molecule has 0 fully saturated rings. The van der Waals surface area contributed by atoms with Gasteiger partial charge in [-0.3, -0.25) is 9.59 Å². The lowest BCUT2D eigenvalue weighted by Gasteiger charge is -2.08. The van der Waals surface area contributed by atoms with Crippen molar-refractivity contribution in [3.63, 3.8) is 0 Å². The molecular formula is C14H13ClN2O2. The Morgan fingerprint density at radius 3 is 2.63 bits per heavy atom. The van der Waals surface area contributed by atoms with Crippen molar-refractivity contribution in [2.45, 2.75) is 13.1 Å². The number of amides is 1. The van der Waals surface area contributed by atoms with Crippen LogP contribution < -0.4 is 10.9 Å². The summed E-state index contributed by atoms with van der Waals surface area (Å²) in [5.74, 6) is -0.229. The number of nitrogens with one attached hydrogen (secondary N) is 1. The number of rotatable bonds is 4. The van der Waals surface area contributed by atoms with Gasteiger partial charge in [0.1, 0.15) is 6.54 Å². The Labute approximate surface area is 115 Å². The van der Waals surface area contributed by atoms with E-state index in [9.17, 15) is 9.59 Å². The van der Waals surface area contributed by atoms with Gasteiger partial charge in [0.2, 0.25) is 5.91 Å². The molecule has 98 valence electrons. The van der Waals surface area contributed by atoms with Crippen molar-refractivity contribution in [2.24, 2.45) is 0 Å². The van der Waals surface area contributed by atoms with Gasteiger partial charge in [0.25, 0.3) is 5.56 Å². The second kappa shape index (κ2) is 6.20. The summed E-state index contributed by atoms with van der Waals surface area (Å²) in [5.41, 5.74) is 0.647.